The Labute approximate surface area is 94.7 Å². The average Bonchev–Trinajstić information content (AvgIpc) is 2.17. The maximum atomic E-state index is 9.76. The van der Waals surface area contributed by atoms with Crippen molar-refractivity contribution in [1.82, 2.24) is 4.90 Å². The van der Waals surface area contributed by atoms with Crippen molar-refractivity contribution in [2.75, 3.05) is 14.1 Å². The van der Waals surface area contributed by atoms with Crippen molar-refractivity contribution in [1.29, 1.82) is 0 Å². The normalized spacial score (nSPS) is 33.4. The second-order valence-electron chi connectivity index (χ2n) is 5.95. The summed E-state index contributed by atoms with van der Waals surface area (Å²) >= 11 is 0. The molecular weight excluding hydrogens is 186 g/mol. The number of nitrogens with zero attached hydrogens (tertiary/aromatic N) is 1. The monoisotopic (exact) mass is 213 g/mol. The van der Waals surface area contributed by atoms with Crippen molar-refractivity contribution < 1.29 is 5.11 Å². The lowest BCUT2D eigenvalue weighted by molar-refractivity contribution is -0.00103. The number of hydrogen-bond donors (Lipinski definition) is 1. The first-order valence-corrected chi connectivity index (χ1v) is 6.23. The van der Waals surface area contributed by atoms with Crippen LogP contribution in [0.25, 0.3) is 0 Å². The summed E-state index contributed by atoms with van der Waals surface area (Å²) in [5.74, 6) is 0.723. The van der Waals surface area contributed by atoms with E-state index in [0.29, 0.717) is 11.5 Å². The van der Waals surface area contributed by atoms with Crippen LogP contribution in [0.15, 0.2) is 0 Å². The van der Waals surface area contributed by atoms with Gasteiger partial charge in [0.25, 0.3) is 0 Å². The molecule has 15 heavy (non-hydrogen) atoms. The van der Waals surface area contributed by atoms with E-state index in [-0.39, 0.29) is 6.10 Å². The number of hydrogen-bond acceptors (Lipinski definition) is 2. The van der Waals surface area contributed by atoms with Gasteiger partial charge in [-0.15, -0.1) is 0 Å². The summed E-state index contributed by atoms with van der Waals surface area (Å²) in [5.41, 5.74) is 0.398. The molecule has 1 rings (SSSR count). The standard InChI is InChI=1S/C13H27NO/c1-6-13(2,3)11-8-7-10(15)9-12(11)14(4)5/h10-12,15H,6-9H2,1-5H3. The first-order valence-electron chi connectivity index (χ1n) is 6.23. The Hall–Kier alpha value is -0.0800. The Morgan fingerprint density at radius 1 is 1.27 bits per heavy atom. The molecule has 0 bridgehead atoms. The molecule has 1 fully saturated rings. The van der Waals surface area contributed by atoms with Crippen molar-refractivity contribution in [3.63, 3.8) is 0 Å². The minimum absolute atomic E-state index is 0.0821. The number of aliphatic hydroxyl groups excluding tert-OH is 1. The molecule has 0 aliphatic heterocycles. The molecule has 3 unspecified atom stereocenters. The van der Waals surface area contributed by atoms with Crippen molar-refractivity contribution in [3.8, 4) is 0 Å². The van der Waals surface area contributed by atoms with E-state index in [1.165, 1.54) is 12.8 Å². The predicted octanol–water partition coefficient (Wildman–Crippen LogP) is 2.51. The summed E-state index contributed by atoms with van der Waals surface area (Å²) in [6.45, 7) is 7.01. The summed E-state index contributed by atoms with van der Waals surface area (Å²) in [5, 5.41) is 9.76. The molecule has 1 aliphatic carbocycles. The van der Waals surface area contributed by atoms with Gasteiger partial charge >= 0.3 is 0 Å². The van der Waals surface area contributed by atoms with E-state index in [9.17, 15) is 5.11 Å². The Morgan fingerprint density at radius 2 is 1.87 bits per heavy atom. The fourth-order valence-corrected chi connectivity index (χ4v) is 2.87. The van der Waals surface area contributed by atoms with E-state index in [1.807, 2.05) is 0 Å². The van der Waals surface area contributed by atoms with Gasteiger partial charge in [0.1, 0.15) is 0 Å². The van der Waals surface area contributed by atoms with Crippen molar-refractivity contribution in [3.05, 3.63) is 0 Å². The van der Waals surface area contributed by atoms with Gasteiger partial charge in [0.2, 0.25) is 0 Å². The average molecular weight is 213 g/mol. The Bertz CT molecular complexity index is 201. The highest BCUT2D eigenvalue weighted by Gasteiger charge is 2.39. The van der Waals surface area contributed by atoms with Gasteiger partial charge in [-0.1, -0.05) is 27.2 Å². The summed E-state index contributed by atoms with van der Waals surface area (Å²) in [7, 11) is 4.28. The summed E-state index contributed by atoms with van der Waals surface area (Å²) < 4.78 is 0. The van der Waals surface area contributed by atoms with Crippen LogP contribution in [-0.4, -0.2) is 36.2 Å². The van der Waals surface area contributed by atoms with Crippen LogP contribution >= 0.6 is 0 Å². The van der Waals surface area contributed by atoms with Crippen LogP contribution in [0.5, 0.6) is 0 Å². The highest BCUT2D eigenvalue weighted by atomic mass is 16.3. The highest BCUT2D eigenvalue weighted by Crippen LogP contribution is 2.42. The highest BCUT2D eigenvalue weighted by molar-refractivity contribution is 4.92. The van der Waals surface area contributed by atoms with Crippen molar-refractivity contribution >= 4 is 0 Å². The maximum Gasteiger partial charge on any atom is 0.0555 e. The second kappa shape index (κ2) is 4.84. The molecule has 0 aromatic rings. The van der Waals surface area contributed by atoms with E-state index in [4.69, 9.17) is 0 Å². The Morgan fingerprint density at radius 3 is 2.33 bits per heavy atom. The molecule has 0 radical (unpaired) electrons. The molecule has 1 saturated carbocycles. The molecular formula is C13H27NO. The molecule has 3 atom stereocenters. The molecule has 1 N–H and O–H groups in total. The van der Waals surface area contributed by atoms with Crippen LogP contribution in [0.3, 0.4) is 0 Å². The third kappa shape index (κ3) is 2.94. The number of aliphatic hydroxyl groups is 1. The van der Waals surface area contributed by atoms with Crippen LogP contribution in [0.2, 0.25) is 0 Å². The lowest BCUT2D eigenvalue weighted by Crippen LogP contribution is -2.47. The van der Waals surface area contributed by atoms with E-state index in [2.05, 4.69) is 39.8 Å². The van der Waals surface area contributed by atoms with Crippen LogP contribution in [0.4, 0.5) is 0 Å². The molecule has 90 valence electrons. The van der Waals surface area contributed by atoms with Gasteiger partial charge in [0, 0.05) is 6.04 Å². The minimum atomic E-state index is -0.0821. The molecule has 1 aliphatic rings. The number of rotatable bonds is 3. The molecule has 2 nitrogen and oxygen atoms in total. The molecule has 0 saturated heterocycles. The van der Waals surface area contributed by atoms with Gasteiger partial charge in [-0.05, 0) is 44.7 Å². The smallest absolute Gasteiger partial charge is 0.0555 e. The topological polar surface area (TPSA) is 23.5 Å². The van der Waals surface area contributed by atoms with Crippen LogP contribution in [0, 0.1) is 11.3 Å². The lowest BCUT2D eigenvalue weighted by atomic mass is 9.66. The Balaban J connectivity index is 2.77. The lowest BCUT2D eigenvalue weighted by Gasteiger charge is -2.46. The molecule has 0 heterocycles. The van der Waals surface area contributed by atoms with Gasteiger partial charge < -0.3 is 10.0 Å². The quantitative estimate of drug-likeness (QED) is 0.778. The molecule has 0 amide bonds. The SMILES string of the molecule is CCC(C)(C)C1CCC(O)CC1N(C)C. The first kappa shape index (κ1) is 13.0. The third-order valence-corrected chi connectivity index (χ3v) is 4.37. The fourth-order valence-electron chi connectivity index (χ4n) is 2.87. The first-order chi connectivity index (χ1) is 6.88. The molecule has 0 spiro atoms. The maximum absolute atomic E-state index is 9.76. The zero-order chi connectivity index (χ0) is 11.6. The van der Waals surface area contributed by atoms with Crippen molar-refractivity contribution in [2.45, 2.75) is 58.6 Å². The van der Waals surface area contributed by atoms with Gasteiger partial charge in [0.15, 0.2) is 0 Å². The van der Waals surface area contributed by atoms with Crippen molar-refractivity contribution in [2.24, 2.45) is 11.3 Å². The largest absolute Gasteiger partial charge is 0.393 e. The van der Waals surface area contributed by atoms with Gasteiger partial charge in [0.05, 0.1) is 6.10 Å². The van der Waals surface area contributed by atoms with Crippen LogP contribution in [-0.2, 0) is 0 Å². The summed E-state index contributed by atoms with van der Waals surface area (Å²) in [4.78, 5) is 2.30. The van der Waals surface area contributed by atoms with E-state index >= 15 is 0 Å². The van der Waals surface area contributed by atoms with Gasteiger partial charge in [-0.2, -0.15) is 0 Å². The van der Waals surface area contributed by atoms with E-state index in [0.717, 1.165) is 18.8 Å². The fraction of sp³-hybridized carbons (Fsp3) is 1.00. The minimum Gasteiger partial charge on any atom is -0.393 e. The second-order valence-corrected chi connectivity index (χ2v) is 5.95. The van der Waals surface area contributed by atoms with Crippen LogP contribution < -0.4 is 0 Å². The van der Waals surface area contributed by atoms with Gasteiger partial charge in [-0.25, -0.2) is 0 Å². The van der Waals surface area contributed by atoms with Crippen LogP contribution in [0.1, 0.15) is 46.5 Å². The molecule has 0 aromatic heterocycles. The van der Waals surface area contributed by atoms with E-state index in [1.54, 1.807) is 0 Å². The Kier molecular flexibility index (Phi) is 4.19. The third-order valence-electron chi connectivity index (χ3n) is 4.37. The molecule has 2 heteroatoms. The summed E-state index contributed by atoms with van der Waals surface area (Å²) in [6.07, 6.45) is 4.24. The molecule has 0 aromatic carbocycles. The zero-order valence-corrected chi connectivity index (χ0v) is 11.0. The predicted molar refractivity (Wildman–Crippen MR) is 64.9 cm³/mol. The van der Waals surface area contributed by atoms with E-state index < -0.39 is 0 Å². The summed E-state index contributed by atoms with van der Waals surface area (Å²) in [6, 6.07) is 0.545. The zero-order valence-electron chi connectivity index (χ0n) is 11.0. The van der Waals surface area contributed by atoms with Gasteiger partial charge in [-0.3, -0.25) is 0 Å².